The molecule has 0 radical (unpaired) electrons. The number of para-hydroxylation sites is 1. The molecule has 28 heavy (non-hydrogen) atoms. The van der Waals surface area contributed by atoms with Crippen molar-refractivity contribution in [2.75, 3.05) is 6.54 Å². The molecular formula is C20H20N2O5S. The van der Waals surface area contributed by atoms with Crippen molar-refractivity contribution in [3.63, 3.8) is 0 Å². The molecule has 146 valence electrons. The summed E-state index contributed by atoms with van der Waals surface area (Å²) in [7, 11) is -4.22. The van der Waals surface area contributed by atoms with E-state index in [1.54, 1.807) is 6.08 Å². The van der Waals surface area contributed by atoms with Crippen LogP contribution in [-0.4, -0.2) is 41.4 Å². The molecule has 2 aromatic carbocycles. The number of hydrogen-bond donors (Lipinski definition) is 1. The van der Waals surface area contributed by atoms with E-state index in [1.807, 2.05) is 30.3 Å². The number of aliphatic hydroxyl groups is 1. The number of aliphatic hydroxyl groups excluding tert-OH is 1. The molecule has 2 aromatic rings. The number of sulfonamides is 1. The second kappa shape index (κ2) is 8.05. The summed E-state index contributed by atoms with van der Waals surface area (Å²) in [4.78, 5) is 10.2. The Morgan fingerprint density at radius 2 is 1.82 bits per heavy atom. The van der Waals surface area contributed by atoms with Crippen molar-refractivity contribution in [1.82, 2.24) is 4.31 Å². The van der Waals surface area contributed by atoms with Gasteiger partial charge in [-0.05, 0) is 23.6 Å². The molecule has 0 saturated heterocycles. The molecule has 1 aliphatic heterocycles. The van der Waals surface area contributed by atoms with Crippen LogP contribution in [0.15, 0.2) is 83.8 Å². The molecule has 1 aliphatic rings. The van der Waals surface area contributed by atoms with Crippen LogP contribution in [0.4, 0.5) is 5.69 Å². The van der Waals surface area contributed by atoms with E-state index < -0.39 is 32.8 Å². The third-order valence-corrected chi connectivity index (χ3v) is 6.69. The fraction of sp³-hybridized carbons (Fsp3) is 0.200. The van der Waals surface area contributed by atoms with Gasteiger partial charge in [0.1, 0.15) is 0 Å². The lowest BCUT2D eigenvalue weighted by molar-refractivity contribution is -0.387. The Hall–Kier alpha value is -2.81. The van der Waals surface area contributed by atoms with E-state index in [0.29, 0.717) is 5.57 Å². The lowest BCUT2D eigenvalue weighted by Crippen LogP contribution is -2.51. The molecule has 8 heteroatoms. The van der Waals surface area contributed by atoms with Crippen molar-refractivity contribution in [2.45, 2.75) is 23.5 Å². The molecule has 0 aliphatic carbocycles. The van der Waals surface area contributed by atoms with E-state index in [9.17, 15) is 23.6 Å². The Labute approximate surface area is 163 Å². The number of benzene rings is 2. The van der Waals surface area contributed by atoms with Crippen molar-refractivity contribution in [1.29, 1.82) is 0 Å². The van der Waals surface area contributed by atoms with Gasteiger partial charge in [0, 0.05) is 12.6 Å². The smallest absolute Gasteiger partial charge is 0.289 e. The standard InChI is InChI=1S/C20H20N2O5S/c1-2-16-12-13-21(18(20(16)23)14-15-8-4-3-5-9-15)28(26,27)19-11-7-6-10-17(19)22(24)25/h2-12,18,20,23H,1,13-14H2/t18-,20+/m1/s1. The Kier molecular flexibility index (Phi) is 5.73. The molecule has 2 atom stereocenters. The normalized spacial score (nSPS) is 20.4. The van der Waals surface area contributed by atoms with Crippen molar-refractivity contribution in [3.8, 4) is 0 Å². The second-order valence-corrected chi connectivity index (χ2v) is 8.27. The summed E-state index contributed by atoms with van der Waals surface area (Å²) in [5.74, 6) is 0. The number of nitrogens with zero attached hydrogens (tertiary/aromatic N) is 2. The zero-order valence-electron chi connectivity index (χ0n) is 15.0. The van der Waals surface area contributed by atoms with E-state index in [1.165, 1.54) is 24.3 Å². The molecule has 0 amide bonds. The summed E-state index contributed by atoms with van der Waals surface area (Å²) < 4.78 is 27.7. The highest BCUT2D eigenvalue weighted by molar-refractivity contribution is 7.89. The third-order valence-electron chi connectivity index (χ3n) is 4.75. The predicted molar refractivity (Wildman–Crippen MR) is 105 cm³/mol. The summed E-state index contributed by atoms with van der Waals surface area (Å²) in [5.41, 5.74) is 0.892. The molecule has 3 rings (SSSR count). The van der Waals surface area contributed by atoms with Crippen LogP contribution in [0.1, 0.15) is 5.56 Å². The maximum Gasteiger partial charge on any atom is 0.289 e. The number of rotatable bonds is 6. The van der Waals surface area contributed by atoms with Gasteiger partial charge in [0.25, 0.3) is 15.7 Å². The van der Waals surface area contributed by atoms with Crippen LogP contribution in [0.3, 0.4) is 0 Å². The maximum absolute atomic E-state index is 13.3. The SMILES string of the molecule is C=CC1=CCN(S(=O)(=O)c2ccccc2[N+](=O)[O-])[C@H](Cc2ccccc2)[C@H]1O. The van der Waals surface area contributed by atoms with E-state index >= 15 is 0 Å². The van der Waals surface area contributed by atoms with Gasteiger partial charge >= 0.3 is 0 Å². The van der Waals surface area contributed by atoms with Gasteiger partial charge in [0.15, 0.2) is 4.90 Å². The van der Waals surface area contributed by atoms with Gasteiger partial charge in [0.05, 0.1) is 17.1 Å². The molecular weight excluding hydrogens is 380 g/mol. The highest BCUT2D eigenvalue weighted by atomic mass is 32.2. The minimum Gasteiger partial charge on any atom is -0.387 e. The average molecular weight is 400 g/mol. The first-order valence-electron chi connectivity index (χ1n) is 8.66. The minimum absolute atomic E-state index is 0.00963. The van der Waals surface area contributed by atoms with E-state index in [-0.39, 0.29) is 17.9 Å². The maximum atomic E-state index is 13.3. The predicted octanol–water partition coefficient (Wildman–Crippen LogP) is 2.68. The van der Waals surface area contributed by atoms with E-state index in [2.05, 4.69) is 6.58 Å². The molecule has 7 nitrogen and oxygen atoms in total. The van der Waals surface area contributed by atoms with Crippen LogP contribution in [0.5, 0.6) is 0 Å². The quantitative estimate of drug-likeness (QED) is 0.593. The van der Waals surface area contributed by atoms with Gasteiger partial charge in [-0.25, -0.2) is 8.42 Å². The van der Waals surface area contributed by atoms with Gasteiger partial charge in [-0.3, -0.25) is 10.1 Å². The fourth-order valence-electron chi connectivity index (χ4n) is 3.33. The molecule has 0 bridgehead atoms. The minimum atomic E-state index is -4.22. The summed E-state index contributed by atoms with van der Waals surface area (Å²) in [6, 6.07) is 13.6. The first kappa shape index (κ1) is 19.9. The summed E-state index contributed by atoms with van der Waals surface area (Å²) in [5, 5.41) is 22.1. The Bertz CT molecular complexity index is 1020. The van der Waals surface area contributed by atoms with Gasteiger partial charge in [-0.15, -0.1) is 0 Å². The molecule has 0 saturated carbocycles. The average Bonchev–Trinajstić information content (AvgIpc) is 2.70. The summed E-state index contributed by atoms with van der Waals surface area (Å²) in [6.45, 7) is 3.66. The monoisotopic (exact) mass is 400 g/mol. The van der Waals surface area contributed by atoms with Gasteiger partial charge in [-0.2, -0.15) is 4.31 Å². The van der Waals surface area contributed by atoms with Gasteiger partial charge in [-0.1, -0.05) is 61.2 Å². The molecule has 0 aromatic heterocycles. The Balaban J connectivity index is 2.08. The fourth-order valence-corrected chi connectivity index (χ4v) is 5.06. The molecule has 0 unspecified atom stereocenters. The molecule has 0 spiro atoms. The van der Waals surface area contributed by atoms with E-state index in [4.69, 9.17) is 0 Å². The van der Waals surface area contributed by atoms with Crippen LogP contribution in [-0.2, 0) is 16.4 Å². The zero-order valence-corrected chi connectivity index (χ0v) is 15.8. The van der Waals surface area contributed by atoms with Crippen molar-refractivity contribution in [2.24, 2.45) is 0 Å². The lowest BCUT2D eigenvalue weighted by atomic mass is 9.93. The first-order chi connectivity index (χ1) is 13.4. The van der Waals surface area contributed by atoms with Crippen molar-refractivity contribution >= 4 is 15.7 Å². The lowest BCUT2D eigenvalue weighted by Gasteiger charge is -2.37. The van der Waals surface area contributed by atoms with Crippen LogP contribution in [0, 0.1) is 10.1 Å². The molecule has 1 N–H and O–H groups in total. The van der Waals surface area contributed by atoms with Crippen molar-refractivity contribution in [3.05, 3.63) is 94.6 Å². The van der Waals surface area contributed by atoms with Crippen LogP contribution < -0.4 is 0 Å². The molecule has 1 heterocycles. The molecule has 0 fully saturated rings. The zero-order chi connectivity index (χ0) is 20.3. The van der Waals surface area contributed by atoms with Crippen LogP contribution in [0.25, 0.3) is 0 Å². The Morgan fingerprint density at radius 3 is 2.46 bits per heavy atom. The van der Waals surface area contributed by atoms with Crippen LogP contribution >= 0.6 is 0 Å². The van der Waals surface area contributed by atoms with Gasteiger partial charge in [0.2, 0.25) is 0 Å². The third kappa shape index (κ3) is 3.75. The van der Waals surface area contributed by atoms with Gasteiger partial charge < -0.3 is 5.11 Å². The highest BCUT2D eigenvalue weighted by Crippen LogP contribution is 2.32. The summed E-state index contributed by atoms with van der Waals surface area (Å²) >= 11 is 0. The number of hydrogen-bond acceptors (Lipinski definition) is 5. The highest BCUT2D eigenvalue weighted by Gasteiger charge is 2.41. The largest absolute Gasteiger partial charge is 0.387 e. The second-order valence-electron chi connectivity index (χ2n) is 6.41. The number of nitro groups is 1. The van der Waals surface area contributed by atoms with E-state index in [0.717, 1.165) is 15.9 Å². The Morgan fingerprint density at radius 1 is 1.18 bits per heavy atom. The van der Waals surface area contributed by atoms with Crippen molar-refractivity contribution < 1.29 is 18.4 Å². The number of nitro benzene ring substituents is 1. The first-order valence-corrected chi connectivity index (χ1v) is 10.1. The summed E-state index contributed by atoms with van der Waals surface area (Å²) in [6.07, 6.45) is 2.24. The van der Waals surface area contributed by atoms with Crippen LogP contribution in [0.2, 0.25) is 0 Å². The topological polar surface area (TPSA) is 101 Å².